The van der Waals surface area contributed by atoms with Gasteiger partial charge in [0.05, 0.1) is 13.7 Å². The van der Waals surface area contributed by atoms with Crippen molar-refractivity contribution in [2.45, 2.75) is 64.0 Å². The highest BCUT2D eigenvalue weighted by atomic mass is 16.6. The number of hydrogen-bond acceptors (Lipinski definition) is 6. The molecule has 0 spiro atoms. The zero-order chi connectivity index (χ0) is 19.9. The van der Waals surface area contributed by atoms with Crippen LogP contribution in [0.15, 0.2) is 12.3 Å². The summed E-state index contributed by atoms with van der Waals surface area (Å²) in [5, 5.41) is 3.07. The van der Waals surface area contributed by atoms with Crippen molar-refractivity contribution in [3.8, 4) is 11.6 Å². The Kier molecular flexibility index (Phi) is 7.30. The Balaban J connectivity index is 2.04. The Morgan fingerprint density at radius 2 is 2.00 bits per heavy atom. The van der Waals surface area contributed by atoms with Crippen molar-refractivity contribution in [2.75, 3.05) is 27.4 Å². The molecule has 0 atom stereocenters. The Morgan fingerprint density at radius 1 is 1.26 bits per heavy atom. The van der Waals surface area contributed by atoms with E-state index in [0.717, 1.165) is 31.2 Å². The van der Waals surface area contributed by atoms with Crippen molar-refractivity contribution in [3.05, 3.63) is 17.8 Å². The number of aromatic nitrogens is 1. The molecule has 0 unspecified atom stereocenters. The predicted octanol–water partition coefficient (Wildman–Crippen LogP) is 3.50. The van der Waals surface area contributed by atoms with Gasteiger partial charge in [-0.05, 0) is 58.1 Å². The molecule has 0 bridgehead atoms. The molecule has 7 nitrogen and oxygen atoms in total. The quantitative estimate of drug-likeness (QED) is 0.661. The van der Waals surface area contributed by atoms with Gasteiger partial charge in [0.1, 0.15) is 5.60 Å². The molecule has 1 aromatic rings. The Hall–Kier alpha value is -2.02. The van der Waals surface area contributed by atoms with E-state index in [-0.39, 0.29) is 11.6 Å². The van der Waals surface area contributed by atoms with Crippen molar-refractivity contribution < 1.29 is 23.7 Å². The number of carbonyl (C=O) groups is 1. The number of pyridine rings is 1. The van der Waals surface area contributed by atoms with Gasteiger partial charge in [-0.15, -0.1) is 0 Å². The number of carbonyl (C=O) groups excluding carboxylic acids is 1. The number of nitrogens with one attached hydrogen (secondary N) is 1. The van der Waals surface area contributed by atoms with Gasteiger partial charge < -0.3 is 24.3 Å². The number of nitrogens with zero attached hydrogens (tertiary/aromatic N) is 1. The second-order valence-electron chi connectivity index (χ2n) is 7.98. The van der Waals surface area contributed by atoms with Gasteiger partial charge in [-0.1, -0.05) is 0 Å². The smallest absolute Gasteiger partial charge is 0.408 e. The van der Waals surface area contributed by atoms with Crippen LogP contribution in [0.2, 0.25) is 0 Å². The monoisotopic (exact) mass is 380 g/mol. The van der Waals surface area contributed by atoms with E-state index < -0.39 is 5.60 Å². The fourth-order valence-corrected chi connectivity index (χ4v) is 3.07. The second kappa shape index (κ2) is 9.26. The first kappa shape index (κ1) is 21.3. The summed E-state index contributed by atoms with van der Waals surface area (Å²) < 4.78 is 21.6. The predicted molar refractivity (Wildman–Crippen MR) is 102 cm³/mol. The molecule has 0 saturated heterocycles. The van der Waals surface area contributed by atoms with Gasteiger partial charge in [0, 0.05) is 31.9 Å². The molecule has 1 heterocycles. The fourth-order valence-electron chi connectivity index (χ4n) is 3.07. The van der Waals surface area contributed by atoms with Crippen LogP contribution in [0.5, 0.6) is 11.6 Å². The van der Waals surface area contributed by atoms with Gasteiger partial charge in [-0.25, -0.2) is 9.78 Å². The lowest BCUT2D eigenvalue weighted by molar-refractivity contribution is 0.0383. The molecule has 1 fully saturated rings. The van der Waals surface area contributed by atoms with E-state index >= 15 is 0 Å². The van der Waals surface area contributed by atoms with E-state index in [4.69, 9.17) is 18.9 Å². The highest BCUT2D eigenvalue weighted by molar-refractivity contribution is 5.69. The lowest BCUT2D eigenvalue weighted by Gasteiger charge is -2.42. The molecule has 152 valence electrons. The van der Waals surface area contributed by atoms with Crippen LogP contribution in [0.4, 0.5) is 4.79 Å². The lowest BCUT2D eigenvalue weighted by atomic mass is 9.73. The third-order valence-electron chi connectivity index (χ3n) is 4.44. The second-order valence-corrected chi connectivity index (χ2v) is 7.98. The van der Waals surface area contributed by atoms with Gasteiger partial charge >= 0.3 is 6.09 Å². The van der Waals surface area contributed by atoms with E-state index in [2.05, 4.69) is 10.3 Å². The summed E-state index contributed by atoms with van der Waals surface area (Å²) in [4.78, 5) is 16.6. The van der Waals surface area contributed by atoms with Crippen LogP contribution in [0.1, 0.15) is 52.0 Å². The number of rotatable bonds is 9. The van der Waals surface area contributed by atoms with Crippen molar-refractivity contribution in [2.24, 2.45) is 0 Å². The largest absolute Gasteiger partial charge is 0.488 e. The van der Waals surface area contributed by atoms with E-state index in [0.29, 0.717) is 31.3 Å². The molecule has 1 aromatic heterocycles. The Labute approximate surface area is 161 Å². The van der Waals surface area contributed by atoms with Crippen molar-refractivity contribution >= 4 is 6.09 Å². The maximum absolute atomic E-state index is 12.2. The zero-order valence-corrected chi connectivity index (χ0v) is 17.1. The molecule has 1 aliphatic rings. The molecule has 0 radical (unpaired) electrons. The van der Waals surface area contributed by atoms with Gasteiger partial charge in [-0.2, -0.15) is 0 Å². The fraction of sp³-hybridized carbons (Fsp3) is 0.700. The summed E-state index contributed by atoms with van der Waals surface area (Å²) in [6, 6.07) is 1.94. The van der Waals surface area contributed by atoms with Crippen LogP contribution in [0.25, 0.3) is 0 Å². The van der Waals surface area contributed by atoms with E-state index in [1.54, 1.807) is 20.4 Å². The van der Waals surface area contributed by atoms with Gasteiger partial charge in [0.15, 0.2) is 5.75 Å². The van der Waals surface area contributed by atoms with Crippen LogP contribution in [0, 0.1) is 0 Å². The van der Waals surface area contributed by atoms with Crippen LogP contribution >= 0.6 is 0 Å². The summed E-state index contributed by atoms with van der Waals surface area (Å²) in [6.45, 7) is 6.75. The van der Waals surface area contributed by atoms with E-state index in [1.165, 1.54) is 0 Å². The molecular formula is C20H32N2O5. The van der Waals surface area contributed by atoms with Crippen LogP contribution in [-0.4, -0.2) is 49.7 Å². The summed E-state index contributed by atoms with van der Waals surface area (Å²) in [5.74, 6) is 1.07. The van der Waals surface area contributed by atoms with E-state index in [9.17, 15) is 4.79 Å². The van der Waals surface area contributed by atoms with E-state index in [1.807, 2.05) is 26.8 Å². The van der Waals surface area contributed by atoms with Crippen LogP contribution in [-0.2, 0) is 15.9 Å². The molecule has 1 N–H and O–H groups in total. The average molecular weight is 380 g/mol. The van der Waals surface area contributed by atoms with Crippen molar-refractivity contribution in [3.63, 3.8) is 0 Å². The van der Waals surface area contributed by atoms with Crippen LogP contribution in [0.3, 0.4) is 0 Å². The highest BCUT2D eigenvalue weighted by Gasteiger charge is 2.39. The molecule has 7 heteroatoms. The van der Waals surface area contributed by atoms with Gasteiger partial charge in [0.2, 0.25) is 0 Å². The number of methoxy groups -OCH3 is 2. The summed E-state index contributed by atoms with van der Waals surface area (Å²) in [5.41, 5.74) is 0.194. The number of alkyl carbamates (subject to hydrolysis) is 1. The first-order valence-corrected chi connectivity index (χ1v) is 9.43. The lowest BCUT2D eigenvalue weighted by Crippen LogP contribution is -2.56. The number of hydrogen-bond donors (Lipinski definition) is 1. The molecule has 2 rings (SSSR count). The average Bonchev–Trinajstić information content (AvgIpc) is 2.55. The molecule has 1 aliphatic carbocycles. The molecule has 1 saturated carbocycles. The molecular weight excluding hydrogens is 348 g/mol. The normalized spacial score (nSPS) is 15.6. The molecule has 27 heavy (non-hydrogen) atoms. The first-order chi connectivity index (χ1) is 12.8. The Bertz CT molecular complexity index is 623. The summed E-state index contributed by atoms with van der Waals surface area (Å²) >= 11 is 0. The van der Waals surface area contributed by atoms with Gasteiger partial charge in [0.25, 0.3) is 5.88 Å². The number of amides is 1. The van der Waals surface area contributed by atoms with Crippen LogP contribution < -0.4 is 14.8 Å². The third kappa shape index (κ3) is 6.57. The maximum Gasteiger partial charge on any atom is 0.408 e. The molecule has 1 amide bonds. The first-order valence-electron chi connectivity index (χ1n) is 9.43. The van der Waals surface area contributed by atoms with Gasteiger partial charge in [-0.3, -0.25) is 0 Å². The van der Waals surface area contributed by atoms with Crippen molar-refractivity contribution in [1.29, 1.82) is 0 Å². The third-order valence-corrected chi connectivity index (χ3v) is 4.44. The standard InChI is InChI=1S/C20H32N2O5/c1-19(2,3)27-18(23)22-20(8-6-9-20)13-15-12-16(17(25-5)21-14-15)26-11-7-10-24-4/h12,14H,6-11,13H2,1-5H3,(H,22,23). The SMILES string of the molecule is COCCCOc1cc(CC2(NC(=O)OC(C)(C)C)CCC2)cnc1OC. The minimum absolute atomic E-state index is 0.286. The maximum atomic E-state index is 12.2. The molecule has 0 aliphatic heterocycles. The Morgan fingerprint density at radius 3 is 2.56 bits per heavy atom. The number of ether oxygens (including phenoxy) is 4. The molecule has 0 aromatic carbocycles. The topological polar surface area (TPSA) is 78.9 Å². The highest BCUT2D eigenvalue weighted by Crippen LogP contribution is 2.36. The minimum atomic E-state index is -0.514. The van der Waals surface area contributed by atoms with Crippen molar-refractivity contribution in [1.82, 2.24) is 10.3 Å². The zero-order valence-electron chi connectivity index (χ0n) is 17.1. The minimum Gasteiger partial charge on any atom is -0.488 e. The summed E-state index contributed by atoms with van der Waals surface area (Å²) in [6.07, 6.45) is 5.79. The summed E-state index contributed by atoms with van der Waals surface area (Å²) in [7, 11) is 3.24.